The molecule has 0 aromatic heterocycles. The molecule has 0 radical (unpaired) electrons. The van der Waals surface area contributed by atoms with E-state index in [-0.39, 0.29) is 11.9 Å². The SMILES string of the molecule is CCC(CC)C(C)C(N)C(=O)OC. The fraction of sp³-hybridized carbons (Fsp3) is 0.900. The van der Waals surface area contributed by atoms with E-state index in [4.69, 9.17) is 5.73 Å². The summed E-state index contributed by atoms with van der Waals surface area (Å²) in [6.45, 7) is 6.25. The Morgan fingerprint density at radius 1 is 1.38 bits per heavy atom. The fourth-order valence-corrected chi connectivity index (χ4v) is 1.68. The molecule has 0 aliphatic carbocycles. The van der Waals surface area contributed by atoms with Crippen LogP contribution >= 0.6 is 0 Å². The van der Waals surface area contributed by atoms with E-state index >= 15 is 0 Å². The van der Waals surface area contributed by atoms with Crippen molar-refractivity contribution in [2.75, 3.05) is 7.11 Å². The molecule has 0 aliphatic rings. The van der Waals surface area contributed by atoms with E-state index in [0.29, 0.717) is 5.92 Å². The van der Waals surface area contributed by atoms with Gasteiger partial charge in [0.2, 0.25) is 0 Å². The van der Waals surface area contributed by atoms with E-state index in [9.17, 15) is 4.79 Å². The summed E-state index contributed by atoms with van der Waals surface area (Å²) in [5, 5.41) is 0. The third-order valence-corrected chi connectivity index (χ3v) is 2.83. The average molecular weight is 187 g/mol. The summed E-state index contributed by atoms with van der Waals surface area (Å²) < 4.78 is 4.61. The molecule has 0 amide bonds. The zero-order valence-corrected chi connectivity index (χ0v) is 9.04. The molecule has 0 spiro atoms. The van der Waals surface area contributed by atoms with Gasteiger partial charge in [0.15, 0.2) is 0 Å². The molecule has 2 N–H and O–H groups in total. The minimum absolute atomic E-state index is 0.197. The molecule has 0 fully saturated rings. The Morgan fingerprint density at radius 2 is 1.85 bits per heavy atom. The smallest absolute Gasteiger partial charge is 0.322 e. The lowest BCUT2D eigenvalue weighted by atomic mass is 9.84. The monoisotopic (exact) mass is 187 g/mol. The van der Waals surface area contributed by atoms with Crippen LogP contribution in [0.5, 0.6) is 0 Å². The van der Waals surface area contributed by atoms with E-state index < -0.39 is 6.04 Å². The highest BCUT2D eigenvalue weighted by Gasteiger charge is 2.26. The van der Waals surface area contributed by atoms with Crippen LogP contribution in [0, 0.1) is 11.8 Å². The number of esters is 1. The molecule has 78 valence electrons. The van der Waals surface area contributed by atoms with Crippen LogP contribution in [0.2, 0.25) is 0 Å². The summed E-state index contributed by atoms with van der Waals surface area (Å²) >= 11 is 0. The van der Waals surface area contributed by atoms with Crippen molar-refractivity contribution in [3.05, 3.63) is 0 Å². The predicted octanol–water partition coefficient (Wildman–Crippen LogP) is 1.56. The molecule has 3 nitrogen and oxygen atoms in total. The number of methoxy groups -OCH3 is 1. The molecule has 2 unspecified atom stereocenters. The number of carbonyl (C=O) groups excluding carboxylic acids is 1. The number of carbonyl (C=O) groups is 1. The maximum absolute atomic E-state index is 11.1. The lowest BCUT2D eigenvalue weighted by Crippen LogP contribution is -2.40. The van der Waals surface area contributed by atoms with Crippen LogP contribution in [0.1, 0.15) is 33.6 Å². The number of ether oxygens (including phenoxy) is 1. The lowest BCUT2D eigenvalue weighted by molar-refractivity contribution is -0.143. The van der Waals surface area contributed by atoms with Gasteiger partial charge in [-0.15, -0.1) is 0 Å². The second kappa shape index (κ2) is 5.97. The van der Waals surface area contributed by atoms with Crippen LogP contribution in [0.25, 0.3) is 0 Å². The first-order valence-corrected chi connectivity index (χ1v) is 4.91. The van der Waals surface area contributed by atoms with Crippen molar-refractivity contribution in [1.29, 1.82) is 0 Å². The second-order valence-corrected chi connectivity index (χ2v) is 3.48. The highest BCUT2D eigenvalue weighted by atomic mass is 16.5. The van der Waals surface area contributed by atoms with Gasteiger partial charge in [-0.05, 0) is 11.8 Å². The van der Waals surface area contributed by atoms with Crippen LogP contribution in [-0.2, 0) is 9.53 Å². The Kier molecular flexibility index (Phi) is 5.71. The molecule has 0 aromatic rings. The first-order valence-electron chi connectivity index (χ1n) is 4.91. The molecule has 0 saturated carbocycles. The molecule has 13 heavy (non-hydrogen) atoms. The van der Waals surface area contributed by atoms with E-state index in [1.54, 1.807) is 0 Å². The Labute approximate surface area is 80.6 Å². The van der Waals surface area contributed by atoms with Crippen LogP contribution in [0.4, 0.5) is 0 Å². The Bertz CT molecular complexity index is 155. The summed E-state index contributed by atoms with van der Waals surface area (Å²) in [7, 11) is 1.38. The molecule has 0 heterocycles. The van der Waals surface area contributed by atoms with E-state index in [1.165, 1.54) is 7.11 Å². The fourth-order valence-electron chi connectivity index (χ4n) is 1.68. The Hall–Kier alpha value is -0.570. The van der Waals surface area contributed by atoms with Crippen molar-refractivity contribution < 1.29 is 9.53 Å². The third kappa shape index (κ3) is 3.35. The molecule has 0 bridgehead atoms. The van der Waals surface area contributed by atoms with Gasteiger partial charge in [-0.3, -0.25) is 4.79 Å². The van der Waals surface area contributed by atoms with Crippen molar-refractivity contribution in [2.45, 2.75) is 39.7 Å². The predicted molar refractivity (Wildman–Crippen MR) is 53.2 cm³/mol. The van der Waals surface area contributed by atoms with Gasteiger partial charge < -0.3 is 10.5 Å². The highest BCUT2D eigenvalue weighted by molar-refractivity contribution is 5.75. The average Bonchev–Trinajstić information content (AvgIpc) is 2.17. The van der Waals surface area contributed by atoms with Crippen LogP contribution in [0.15, 0.2) is 0 Å². The van der Waals surface area contributed by atoms with E-state index in [1.807, 2.05) is 6.92 Å². The van der Waals surface area contributed by atoms with E-state index in [2.05, 4.69) is 18.6 Å². The second-order valence-electron chi connectivity index (χ2n) is 3.48. The molecular formula is C10H21NO2. The van der Waals surface area contributed by atoms with Gasteiger partial charge in [0.1, 0.15) is 6.04 Å². The number of nitrogens with two attached hydrogens (primary N) is 1. The first-order chi connectivity index (χ1) is 6.08. The lowest BCUT2D eigenvalue weighted by Gasteiger charge is -2.25. The van der Waals surface area contributed by atoms with E-state index in [0.717, 1.165) is 12.8 Å². The van der Waals surface area contributed by atoms with Gasteiger partial charge in [0.25, 0.3) is 0 Å². The summed E-state index contributed by atoms with van der Waals surface area (Å²) in [5.41, 5.74) is 5.75. The largest absolute Gasteiger partial charge is 0.468 e. The van der Waals surface area contributed by atoms with Gasteiger partial charge in [0.05, 0.1) is 7.11 Å². The molecule has 0 aliphatic heterocycles. The Morgan fingerprint density at radius 3 is 2.15 bits per heavy atom. The van der Waals surface area contributed by atoms with Gasteiger partial charge in [-0.25, -0.2) is 0 Å². The van der Waals surface area contributed by atoms with Crippen LogP contribution < -0.4 is 5.73 Å². The van der Waals surface area contributed by atoms with Gasteiger partial charge in [-0.1, -0.05) is 33.6 Å². The molecule has 0 aromatic carbocycles. The maximum atomic E-state index is 11.1. The zero-order valence-electron chi connectivity index (χ0n) is 9.04. The third-order valence-electron chi connectivity index (χ3n) is 2.83. The summed E-state index contributed by atoms with van der Waals surface area (Å²) in [5.74, 6) is 0.399. The topological polar surface area (TPSA) is 52.3 Å². The summed E-state index contributed by atoms with van der Waals surface area (Å²) in [6, 6.07) is -0.477. The standard InChI is InChI=1S/C10H21NO2/c1-5-8(6-2)7(3)9(11)10(12)13-4/h7-9H,5-6,11H2,1-4H3. The van der Waals surface area contributed by atoms with Crippen molar-refractivity contribution in [1.82, 2.24) is 0 Å². The molecule has 0 rings (SSSR count). The molecular weight excluding hydrogens is 166 g/mol. The number of rotatable bonds is 5. The quantitative estimate of drug-likeness (QED) is 0.664. The van der Waals surface area contributed by atoms with Crippen molar-refractivity contribution >= 4 is 5.97 Å². The maximum Gasteiger partial charge on any atom is 0.322 e. The Balaban J connectivity index is 4.21. The van der Waals surface area contributed by atoms with Crippen molar-refractivity contribution in [2.24, 2.45) is 17.6 Å². The van der Waals surface area contributed by atoms with Gasteiger partial charge in [-0.2, -0.15) is 0 Å². The number of hydrogen-bond acceptors (Lipinski definition) is 3. The first kappa shape index (κ1) is 12.4. The number of hydrogen-bond donors (Lipinski definition) is 1. The molecule has 3 heteroatoms. The van der Waals surface area contributed by atoms with Gasteiger partial charge in [0, 0.05) is 0 Å². The van der Waals surface area contributed by atoms with Crippen LogP contribution in [0.3, 0.4) is 0 Å². The minimum atomic E-state index is -0.477. The molecule has 2 atom stereocenters. The van der Waals surface area contributed by atoms with Crippen molar-refractivity contribution in [3.8, 4) is 0 Å². The summed E-state index contributed by atoms with van der Waals surface area (Å²) in [6.07, 6.45) is 2.12. The highest BCUT2D eigenvalue weighted by Crippen LogP contribution is 2.21. The summed E-state index contributed by atoms with van der Waals surface area (Å²) in [4.78, 5) is 11.1. The minimum Gasteiger partial charge on any atom is -0.468 e. The van der Waals surface area contributed by atoms with Crippen molar-refractivity contribution in [3.63, 3.8) is 0 Å². The molecule has 0 saturated heterocycles. The van der Waals surface area contributed by atoms with Gasteiger partial charge >= 0.3 is 5.97 Å². The van der Waals surface area contributed by atoms with Crippen LogP contribution in [-0.4, -0.2) is 19.1 Å². The zero-order chi connectivity index (χ0) is 10.4. The normalized spacial score (nSPS) is 15.5.